The summed E-state index contributed by atoms with van der Waals surface area (Å²) in [4.78, 5) is 19.1. The van der Waals surface area contributed by atoms with Gasteiger partial charge in [0.2, 0.25) is 0 Å². The van der Waals surface area contributed by atoms with Crippen LogP contribution in [0.15, 0.2) is 38.6 Å². The third kappa shape index (κ3) is 3.28. The van der Waals surface area contributed by atoms with Crippen molar-refractivity contribution >= 4 is 44.8 Å². The van der Waals surface area contributed by atoms with Gasteiger partial charge in [-0.25, -0.2) is 0 Å². The fourth-order valence-electron chi connectivity index (χ4n) is 1.75. The van der Waals surface area contributed by atoms with Gasteiger partial charge in [0.05, 0.1) is 4.91 Å². The minimum Gasteiger partial charge on any atom is -0.287 e. The number of thioether (sulfide) groups is 1. The van der Waals surface area contributed by atoms with Gasteiger partial charge >= 0.3 is 0 Å². The average molecular weight is 339 g/mol. The molecule has 1 heterocycles. The van der Waals surface area contributed by atoms with E-state index < -0.39 is 0 Å². The summed E-state index contributed by atoms with van der Waals surface area (Å²) in [5.41, 5.74) is 1.02. The number of hydrogen-bond donors (Lipinski definition) is 0. The summed E-state index contributed by atoms with van der Waals surface area (Å²) >= 11 is 4.85. The van der Waals surface area contributed by atoms with Crippen LogP contribution in [0.25, 0.3) is 6.08 Å². The lowest BCUT2D eigenvalue weighted by molar-refractivity contribution is -0.122. The van der Waals surface area contributed by atoms with Crippen molar-refractivity contribution in [1.82, 2.24) is 4.90 Å². The molecule has 3 nitrogen and oxygen atoms in total. The first kappa shape index (κ1) is 14.3. The lowest BCUT2D eigenvalue weighted by atomic mass is 10.2. The van der Waals surface area contributed by atoms with Crippen molar-refractivity contribution < 1.29 is 4.79 Å². The monoisotopic (exact) mass is 338 g/mol. The number of amidine groups is 1. The van der Waals surface area contributed by atoms with E-state index in [-0.39, 0.29) is 5.91 Å². The Morgan fingerprint density at radius 2 is 2.00 bits per heavy atom. The van der Waals surface area contributed by atoms with Crippen LogP contribution in [0.3, 0.4) is 0 Å². The molecule has 0 bridgehead atoms. The molecule has 1 aliphatic heterocycles. The Hall–Kier alpha value is -1.07. The van der Waals surface area contributed by atoms with Crippen molar-refractivity contribution in [2.24, 2.45) is 4.99 Å². The lowest BCUT2D eigenvalue weighted by Gasteiger charge is -2.11. The standard InChI is InChI=1S/C14H15BrN2OS/c1-3-16-14-17(4-2)13(18)12(19-14)9-10-5-7-11(15)8-6-10/h5-9H,3-4H2,1-2H3. The van der Waals surface area contributed by atoms with Gasteiger partial charge in [0, 0.05) is 17.6 Å². The van der Waals surface area contributed by atoms with Crippen molar-refractivity contribution in [2.45, 2.75) is 13.8 Å². The highest BCUT2D eigenvalue weighted by Gasteiger charge is 2.31. The highest BCUT2D eigenvalue weighted by molar-refractivity contribution is 9.10. The largest absolute Gasteiger partial charge is 0.287 e. The Morgan fingerprint density at radius 3 is 2.58 bits per heavy atom. The summed E-state index contributed by atoms with van der Waals surface area (Å²) in [6, 6.07) is 7.90. The van der Waals surface area contributed by atoms with Crippen molar-refractivity contribution in [3.63, 3.8) is 0 Å². The second-order valence-corrected chi connectivity index (χ2v) is 5.89. The smallest absolute Gasteiger partial charge is 0.266 e. The van der Waals surface area contributed by atoms with Gasteiger partial charge in [0.15, 0.2) is 5.17 Å². The lowest BCUT2D eigenvalue weighted by Crippen LogP contribution is -2.28. The molecule has 0 atom stereocenters. The van der Waals surface area contributed by atoms with Gasteiger partial charge < -0.3 is 0 Å². The molecule has 1 fully saturated rings. The molecule has 0 radical (unpaired) electrons. The summed E-state index contributed by atoms with van der Waals surface area (Å²) in [7, 11) is 0. The molecular weight excluding hydrogens is 324 g/mol. The fourth-order valence-corrected chi connectivity index (χ4v) is 3.12. The zero-order chi connectivity index (χ0) is 13.8. The van der Waals surface area contributed by atoms with Crippen LogP contribution in [0.5, 0.6) is 0 Å². The SMILES string of the molecule is CCN=C1SC(=Cc2ccc(Br)cc2)C(=O)N1CC. The van der Waals surface area contributed by atoms with E-state index in [0.29, 0.717) is 13.1 Å². The zero-order valence-electron chi connectivity index (χ0n) is 10.9. The molecule has 0 aliphatic carbocycles. The molecule has 2 rings (SSSR count). The highest BCUT2D eigenvalue weighted by atomic mass is 79.9. The molecule has 1 saturated heterocycles. The number of benzene rings is 1. The molecule has 19 heavy (non-hydrogen) atoms. The average Bonchev–Trinajstić information content (AvgIpc) is 2.69. The summed E-state index contributed by atoms with van der Waals surface area (Å²) in [5, 5.41) is 0.804. The van der Waals surface area contributed by atoms with Gasteiger partial charge in [0.25, 0.3) is 5.91 Å². The van der Waals surface area contributed by atoms with Gasteiger partial charge in [-0.15, -0.1) is 0 Å². The Morgan fingerprint density at radius 1 is 1.32 bits per heavy atom. The van der Waals surface area contributed by atoms with Gasteiger partial charge in [-0.3, -0.25) is 14.7 Å². The first-order valence-electron chi connectivity index (χ1n) is 6.17. The predicted molar refractivity (Wildman–Crippen MR) is 85.1 cm³/mol. The third-order valence-corrected chi connectivity index (χ3v) is 4.24. The molecule has 100 valence electrons. The normalized spacial score (nSPS) is 19.7. The van der Waals surface area contributed by atoms with Crippen LogP contribution in [0.4, 0.5) is 0 Å². The van der Waals surface area contributed by atoms with E-state index in [0.717, 1.165) is 20.1 Å². The maximum absolute atomic E-state index is 12.2. The van der Waals surface area contributed by atoms with Crippen LogP contribution < -0.4 is 0 Å². The Balaban J connectivity index is 2.28. The number of carbonyl (C=O) groups is 1. The van der Waals surface area contributed by atoms with Crippen molar-refractivity contribution in [2.75, 3.05) is 13.1 Å². The van der Waals surface area contributed by atoms with Crippen LogP contribution in [0.2, 0.25) is 0 Å². The van der Waals surface area contributed by atoms with E-state index in [1.165, 1.54) is 11.8 Å². The number of aliphatic imine (C=N–C) groups is 1. The first-order chi connectivity index (χ1) is 9.15. The fraction of sp³-hybridized carbons (Fsp3) is 0.286. The summed E-state index contributed by atoms with van der Waals surface area (Å²) < 4.78 is 1.03. The molecule has 0 saturated carbocycles. The molecule has 1 aromatic rings. The first-order valence-corrected chi connectivity index (χ1v) is 7.78. The van der Waals surface area contributed by atoms with Crippen LogP contribution in [0, 0.1) is 0 Å². The van der Waals surface area contributed by atoms with Crippen LogP contribution >= 0.6 is 27.7 Å². The molecule has 0 N–H and O–H groups in total. The van der Waals surface area contributed by atoms with Crippen molar-refractivity contribution in [3.8, 4) is 0 Å². The van der Waals surface area contributed by atoms with Gasteiger partial charge in [-0.2, -0.15) is 0 Å². The van der Waals surface area contributed by atoms with Crippen LogP contribution in [0.1, 0.15) is 19.4 Å². The highest BCUT2D eigenvalue weighted by Crippen LogP contribution is 2.32. The number of halogens is 1. The number of nitrogens with zero attached hydrogens (tertiary/aromatic N) is 2. The second-order valence-electron chi connectivity index (χ2n) is 3.97. The van der Waals surface area contributed by atoms with E-state index in [1.807, 2.05) is 44.2 Å². The van der Waals surface area contributed by atoms with E-state index >= 15 is 0 Å². The van der Waals surface area contributed by atoms with Crippen molar-refractivity contribution in [3.05, 3.63) is 39.2 Å². The minimum absolute atomic E-state index is 0.0441. The Bertz CT molecular complexity index is 537. The molecule has 0 spiro atoms. The molecule has 1 aromatic carbocycles. The number of rotatable bonds is 3. The molecule has 0 aromatic heterocycles. The zero-order valence-corrected chi connectivity index (χ0v) is 13.3. The second kappa shape index (κ2) is 6.39. The topological polar surface area (TPSA) is 32.7 Å². The summed E-state index contributed by atoms with van der Waals surface area (Å²) in [6.45, 7) is 5.29. The molecular formula is C14H15BrN2OS. The Kier molecular flexibility index (Phi) is 4.82. The van der Waals surface area contributed by atoms with Crippen LogP contribution in [-0.4, -0.2) is 29.1 Å². The van der Waals surface area contributed by atoms with Gasteiger partial charge in [0.1, 0.15) is 0 Å². The number of carbonyl (C=O) groups excluding carboxylic acids is 1. The third-order valence-electron chi connectivity index (χ3n) is 2.67. The molecule has 1 amide bonds. The quantitative estimate of drug-likeness (QED) is 0.786. The summed E-state index contributed by atoms with van der Waals surface area (Å²) in [5.74, 6) is 0.0441. The van der Waals surface area contributed by atoms with Gasteiger partial charge in [-0.1, -0.05) is 28.1 Å². The van der Waals surface area contributed by atoms with E-state index in [9.17, 15) is 4.79 Å². The molecule has 5 heteroatoms. The number of hydrogen-bond acceptors (Lipinski definition) is 3. The summed E-state index contributed by atoms with van der Waals surface area (Å²) in [6.07, 6.45) is 1.92. The van der Waals surface area contributed by atoms with Gasteiger partial charge in [-0.05, 0) is 49.4 Å². The van der Waals surface area contributed by atoms with Crippen molar-refractivity contribution in [1.29, 1.82) is 0 Å². The number of amides is 1. The maximum atomic E-state index is 12.2. The molecule has 0 unspecified atom stereocenters. The molecule has 1 aliphatic rings. The predicted octanol–water partition coefficient (Wildman–Crippen LogP) is 3.76. The van der Waals surface area contributed by atoms with Crippen LogP contribution in [-0.2, 0) is 4.79 Å². The van der Waals surface area contributed by atoms with E-state index in [2.05, 4.69) is 20.9 Å². The van der Waals surface area contributed by atoms with E-state index in [1.54, 1.807) is 4.90 Å². The minimum atomic E-state index is 0.0441. The Labute approximate surface area is 125 Å². The maximum Gasteiger partial charge on any atom is 0.266 e. The number of likely N-dealkylation sites (N-methyl/N-ethyl adjacent to an activating group) is 1. The van der Waals surface area contributed by atoms with E-state index in [4.69, 9.17) is 0 Å².